The molecule has 1 aromatic carbocycles. The van der Waals surface area contributed by atoms with Gasteiger partial charge in [0.25, 0.3) is 5.91 Å². The fourth-order valence-corrected chi connectivity index (χ4v) is 2.20. The molecule has 0 radical (unpaired) electrons. The Balaban J connectivity index is 2.04. The molecule has 0 aliphatic heterocycles. The molecule has 5 nitrogen and oxygen atoms in total. The minimum Gasteiger partial charge on any atom is -0.497 e. The Morgan fingerprint density at radius 2 is 2.19 bits per heavy atom. The van der Waals surface area contributed by atoms with Gasteiger partial charge >= 0.3 is 0 Å². The van der Waals surface area contributed by atoms with Crippen LogP contribution >= 0.6 is 0 Å². The quantitative estimate of drug-likeness (QED) is 0.857. The topological polar surface area (TPSA) is 69.3 Å². The number of amides is 1. The van der Waals surface area contributed by atoms with Gasteiger partial charge in [-0.3, -0.25) is 4.79 Å². The highest BCUT2D eigenvalue weighted by molar-refractivity contribution is 5.93. The van der Waals surface area contributed by atoms with Gasteiger partial charge in [0.05, 0.1) is 12.8 Å². The molecule has 112 valence electrons. The Morgan fingerprint density at radius 3 is 2.90 bits per heavy atom. The predicted octanol–water partition coefficient (Wildman–Crippen LogP) is 2.42. The lowest BCUT2D eigenvalue weighted by atomic mass is 10.2. The molecule has 1 aromatic heterocycles. The van der Waals surface area contributed by atoms with E-state index >= 15 is 0 Å². The zero-order valence-corrected chi connectivity index (χ0v) is 12.4. The van der Waals surface area contributed by atoms with Crippen LogP contribution in [-0.2, 0) is 13.1 Å². The number of carbonyl (C=O) groups is 1. The van der Waals surface area contributed by atoms with Crippen molar-refractivity contribution in [1.82, 2.24) is 9.88 Å². The SMILES string of the molecule is CCCn1cc(N)cc1C(=O)NCc1cccc(OC)c1. The van der Waals surface area contributed by atoms with Gasteiger partial charge in [0.2, 0.25) is 0 Å². The molecule has 0 bridgehead atoms. The van der Waals surface area contributed by atoms with E-state index in [1.807, 2.05) is 28.8 Å². The molecular formula is C16H21N3O2. The number of rotatable bonds is 6. The molecule has 1 amide bonds. The first-order valence-corrected chi connectivity index (χ1v) is 7.00. The van der Waals surface area contributed by atoms with Crippen molar-refractivity contribution in [2.24, 2.45) is 0 Å². The summed E-state index contributed by atoms with van der Waals surface area (Å²) in [4.78, 5) is 12.3. The summed E-state index contributed by atoms with van der Waals surface area (Å²) >= 11 is 0. The number of aryl methyl sites for hydroxylation is 1. The normalized spacial score (nSPS) is 10.4. The number of nitrogens with two attached hydrogens (primary N) is 1. The second kappa shape index (κ2) is 6.83. The molecule has 0 unspecified atom stereocenters. The van der Waals surface area contributed by atoms with Crippen molar-refractivity contribution in [2.75, 3.05) is 12.8 Å². The van der Waals surface area contributed by atoms with Crippen LogP contribution in [0.15, 0.2) is 36.5 Å². The summed E-state index contributed by atoms with van der Waals surface area (Å²) in [6.07, 6.45) is 2.74. The molecule has 5 heteroatoms. The smallest absolute Gasteiger partial charge is 0.268 e. The summed E-state index contributed by atoms with van der Waals surface area (Å²) in [5.41, 5.74) is 7.97. The highest BCUT2D eigenvalue weighted by atomic mass is 16.5. The highest BCUT2D eigenvalue weighted by Crippen LogP contribution is 2.14. The number of hydrogen-bond acceptors (Lipinski definition) is 3. The molecular weight excluding hydrogens is 266 g/mol. The largest absolute Gasteiger partial charge is 0.497 e. The molecule has 21 heavy (non-hydrogen) atoms. The van der Waals surface area contributed by atoms with Crippen molar-refractivity contribution < 1.29 is 9.53 Å². The number of carbonyl (C=O) groups excluding carboxylic acids is 1. The monoisotopic (exact) mass is 287 g/mol. The summed E-state index contributed by atoms with van der Waals surface area (Å²) in [7, 11) is 1.62. The van der Waals surface area contributed by atoms with E-state index in [1.54, 1.807) is 19.4 Å². The number of nitrogens with zero attached hydrogens (tertiary/aromatic N) is 1. The average Bonchev–Trinajstić information content (AvgIpc) is 2.86. The van der Waals surface area contributed by atoms with Gasteiger partial charge in [-0.25, -0.2) is 0 Å². The molecule has 0 saturated heterocycles. The van der Waals surface area contributed by atoms with E-state index in [9.17, 15) is 4.79 Å². The number of aromatic nitrogens is 1. The van der Waals surface area contributed by atoms with Crippen LogP contribution in [0, 0.1) is 0 Å². The van der Waals surface area contributed by atoms with Crippen molar-refractivity contribution >= 4 is 11.6 Å². The second-order valence-corrected chi connectivity index (χ2v) is 4.89. The lowest BCUT2D eigenvalue weighted by molar-refractivity contribution is 0.0941. The van der Waals surface area contributed by atoms with Crippen LogP contribution in [0.5, 0.6) is 5.75 Å². The molecule has 0 atom stereocenters. The Morgan fingerprint density at radius 1 is 1.38 bits per heavy atom. The number of nitrogens with one attached hydrogen (secondary N) is 1. The van der Waals surface area contributed by atoms with E-state index < -0.39 is 0 Å². The lowest BCUT2D eigenvalue weighted by Crippen LogP contribution is -2.25. The van der Waals surface area contributed by atoms with Crippen molar-refractivity contribution in [1.29, 1.82) is 0 Å². The Kier molecular flexibility index (Phi) is 4.87. The summed E-state index contributed by atoms with van der Waals surface area (Å²) < 4.78 is 7.05. The molecule has 0 aliphatic rings. The number of ether oxygens (including phenoxy) is 1. The summed E-state index contributed by atoms with van der Waals surface area (Å²) in [6, 6.07) is 9.33. The standard InChI is InChI=1S/C16H21N3O2/c1-3-7-19-11-13(17)9-15(19)16(20)18-10-12-5-4-6-14(8-12)21-2/h4-6,8-9,11H,3,7,10,17H2,1-2H3,(H,18,20). The van der Waals surface area contributed by atoms with E-state index in [2.05, 4.69) is 12.2 Å². The number of nitrogen functional groups attached to an aromatic ring is 1. The van der Waals surface area contributed by atoms with Gasteiger partial charge in [-0.15, -0.1) is 0 Å². The molecule has 0 fully saturated rings. The minimum atomic E-state index is -0.122. The van der Waals surface area contributed by atoms with Crippen LogP contribution in [0.2, 0.25) is 0 Å². The molecule has 0 spiro atoms. The van der Waals surface area contributed by atoms with E-state index in [1.165, 1.54) is 0 Å². The van der Waals surface area contributed by atoms with E-state index in [0.717, 1.165) is 24.3 Å². The van der Waals surface area contributed by atoms with Crippen LogP contribution in [0.1, 0.15) is 29.4 Å². The maximum atomic E-state index is 12.3. The van der Waals surface area contributed by atoms with Gasteiger partial charge in [-0.2, -0.15) is 0 Å². The van der Waals surface area contributed by atoms with Crippen LogP contribution in [0.4, 0.5) is 5.69 Å². The Labute approximate surface area is 124 Å². The predicted molar refractivity (Wildman–Crippen MR) is 83.3 cm³/mol. The van der Waals surface area contributed by atoms with Gasteiger partial charge < -0.3 is 20.4 Å². The lowest BCUT2D eigenvalue weighted by Gasteiger charge is -2.09. The second-order valence-electron chi connectivity index (χ2n) is 4.89. The Hall–Kier alpha value is -2.43. The first kappa shape index (κ1) is 15.0. The van der Waals surface area contributed by atoms with E-state index in [0.29, 0.717) is 17.9 Å². The third-order valence-electron chi connectivity index (χ3n) is 3.20. The van der Waals surface area contributed by atoms with E-state index in [-0.39, 0.29) is 5.91 Å². The van der Waals surface area contributed by atoms with Crippen molar-refractivity contribution in [3.05, 3.63) is 47.8 Å². The van der Waals surface area contributed by atoms with Gasteiger partial charge in [-0.05, 0) is 30.2 Å². The maximum Gasteiger partial charge on any atom is 0.268 e. The van der Waals surface area contributed by atoms with Gasteiger partial charge in [0, 0.05) is 19.3 Å². The van der Waals surface area contributed by atoms with Gasteiger partial charge in [-0.1, -0.05) is 19.1 Å². The summed E-state index contributed by atoms with van der Waals surface area (Å²) in [5, 5.41) is 2.91. The number of methoxy groups -OCH3 is 1. The molecule has 1 heterocycles. The molecule has 2 rings (SSSR count). The number of hydrogen-bond donors (Lipinski definition) is 2. The number of anilines is 1. The van der Waals surface area contributed by atoms with Crippen molar-refractivity contribution in [2.45, 2.75) is 26.4 Å². The van der Waals surface area contributed by atoms with E-state index in [4.69, 9.17) is 10.5 Å². The first-order valence-electron chi connectivity index (χ1n) is 7.00. The zero-order chi connectivity index (χ0) is 15.2. The van der Waals surface area contributed by atoms with Gasteiger partial charge in [0.15, 0.2) is 0 Å². The Bertz CT molecular complexity index is 620. The third kappa shape index (κ3) is 3.78. The molecule has 2 aromatic rings. The zero-order valence-electron chi connectivity index (χ0n) is 12.4. The summed E-state index contributed by atoms with van der Waals surface area (Å²) in [5.74, 6) is 0.656. The first-order chi connectivity index (χ1) is 10.1. The van der Waals surface area contributed by atoms with Crippen molar-refractivity contribution in [3.8, 4) is 5.75 Å². The van der Waals surface area contributed by atoms with Gasteiger partial charge in [0.1, 0.15) is 11.4 Å². The highest BCUT2D eigenvalue weighted by Gasteiger charge is 2.12. The molecule has 0 saturated carbocycles. The number of benzene rings is 1. The van der Waals surface area contributed by atoms with Crippen molar-refractivity contribution in [3.63, 3.8) is 0 Å². The van der Waals surface area contributed by atoms with Crippen LogP contribution in [0.3, 0.4) is 0 Å². The van der Waals surface area contributed by atoms with Crippen LogP contribution in [0.25, 0.3) is 0 Å². The molecule has 0 aliphatic carbocycles. The fourth-order valence-electron chi connectivity index (χ4n) is 2.20. The third-order valence-corrected chi connectivity index (χ3v) is 3.20. The molecule has 3 N–H and O–H groups in total. The van der Waals surface area contributed by atoms with Crippen LogP contribution < -0.4 is 15.8 Å². The minimum absolute atomic E-state index is 0.122. The maximum absolute atomic E-state index is 12.3. The summed E-state index contributed by atoms with van der Waals surface area (Å²) in [6.45, 7) is 3.29. The fraction of sp³-hybridized carbons (Fsp3) is 0.312. The average molecular weight is 287 g/mol. The van der Waals surface area contributed by atoms with Crippen LogP contribution in [-0.4, -0.2) is 17.6 Å².